The standard InChI is InChI=1S/C20H18FN3O3/c21-13-4-3-5-14(10-13)22-20(27)23-9-8-18-16(11-23)15-6-1-2-7-17(15)24(18)12-19(25)26/h1-7,10H,8-9,11-12H2,(H,22,27)(H,25,26). The Bertz CT molecular complexity index is 1040. The van der Waals surface area contributed by atoms with E-state index in [0.717, 1.165) is 22.2 Å². The number of carbonyl (C=O) groups is 2. The Morgan fingerprint density at radius 3 is 2.74 bits per heavy atom. The van der Waals surface area contributed by atoms with Crippen LogP contribution in [0, 0.1) is 5.82 Å². The number of hydrogen-bond donors (Lipinski definition) is 2. The number of para-hydroxylation sites is 1. The van der Waals surface area contributed by atoms with Crippen molar-refractivity contribution in [3.05, 3.63) is 65.6 Å². The number of aliphatic carboxylic acids is 1. The number of fused-ring (bicyclic) bond motifs is 3. The predicted octanol–water partition coefficient (Wildman–Crippen LogP) is 3.46. The summed E-state index contributed by atoms with van der Waals surface area (Å²) in [6.07, 6.45) is 0.563. The monoisotopic (exact) mass is 367 g/mol. The summed E-state index contributed by atoms with van der Waals surface area (Å²) in [5.74, 6) is -1.31. The summed E-state index contributed by atoms with van der Waals surface area (Å²) in [4.78, 5) is 25.5. The second-order valence-corrected chi connectivity index (χ2v) is 6.53. The molecule has 2 aromatic carbocycles. The van der Waals surface area contributed by atoms with Gasteiger partial charge in [0.1, 0.15) is 12.4 Å². The molecule has 0 saturated heterocycles. The molecule has 0 unspecified atom stereocenters. The van der Waals surface area contributed by atoms with E-state index in [1.807, 2.05) is 28.8 Å². The summed E-state index contributed by atoms with van der Waals surface area (Å²) in [6.45, 7) is 0.735. The van der Waals surface area contributed by atoms with Crippen molar-refractivity contribution in [2.24, 2.45) is 0 Å². The molecule has 2 amide bonds. The zero-order valence-corrected chi connectivity index (χ0v) is 14.5. The molecule has 4 rings (SSSR count). The minimum absolute atomic E-state index is 0.106. The van der Waals surface area contributed by atoms with Gasteiger partial charge in [0.2, 0.25) is 0 Å². The molecule has 3 aromatic rings. The molecule has 27 heavy (non-hydrogen) atoms. The van der Waals surface area contributed by atoms with Crippen molar-refractivity contribution in [2.75, 3.05) is 11.9 Å². The second-order valence-electron chi connectivity index (χ2n) is 6.53. The fraction of sp³-hybridized carbons (Fsp3) is 0.200. The molecule has 0 spiro atoms. The number of benzene rings is 2. The lowest BCUT2D eigenvalue weighted by Gasteiger charge is -2.28. The Morgan fingerprint density at radius 1 is 1.15 bits per heavy atom. The lowest BCUT2D eigenvalue weighted by atomic mass is 10.0. The van der Waals surface area contributed by atoms with Crippen molar-refractivity contribution in [3.63, 3.8) is 0 Å². The minimum Gasteiger partial charge on any atom is -0.480 e. The van der Waals surface area contributed by atoms with Crippen molar-refractivity contribution in [1.82, 2.24) is 9.47 Å². The van der Waals surface area contributed by atoms with Gasteiger partial charge in [0, 0.05) is 47.4 Å². The van der Waals surface area contributed by atoms with E-state index >= 15 is 0 Å². The molecule has 2 heterocycles. The van der Waals surface area contributed by atoms with Gasteiger partial charge in [-0.1, -0.05) is 24.3 Å². The van der Waals surface area contributed by atoms with Crippen LogP contribution >= 0.6 is 0 Å². The average Bonchev–Trinajstić information content (AvgIpc) is 2.95. The Kier molecular flexibility index (Phi) is 4.27. The van der Waals surface area contributed by atoms with Crippen LogP contribution < -0.4 is 5.32 Å². The number of nitrogens with one attached hydrogen (secondary N) is 1. The van der Waals surface area contributed by atoms with Gasteiger partial charge in [0.25, 0.3) is 0 Å². The Labute approximate surface area is 154 Å². The van der Waals surface area contributed by atoms with E-state index in [1.165, 1.54) is 12.1 Å². The number of carboxylic acids is 1. The molecular weight excluding hydrogens is 349 g/mol. The number of carboxylic acid groups (broad SMARTS) is 1. The molecule has 0 atom stereocenters. The van der Waals surface area contributed by atoms with Crippen molar-refractivity contribution in [1.29, 1.82) is 0 Å². The highest BCUT2D eigenvalue weighted by atomic mass is 19.1. The van der Waals surface area contributed by atoms with Crippen LogP contribution in [0.25, 0.3) is 10.9 Å². The maximum atomic E-state index is 13.3. The third-order valence-corrected chi connectivity index (χ3v) is 4.82. The smallest absolute Gasteiger partial charge is 0.323 e. The van der Waals surface area contributed by atoms with Crippen molar-refractivity contribution in [2.45, 2.75) is 19.5 Å². The van der Waals surface area contributed by atoms with Gasteiger partial charge < -0.3 is 19.9 Å². The van der Waals surface area contributed by atoms with E-state index in [9.17, 15) is 19.1 Å². The van der Waals surface area contributed by atoms with Gasteiger partial charge in [0.05, 0.1) is 0 Å². The topological polar surface area (TPSA) is 74.6 Å². The summed E-state index contributed by atoms with van der Waals surface area (Å²) >= 11 is 0. The van der Waals surface area contributed by atoms with Crippen LogP contribution in [0.2, 0.25) is 0 Å². The number of amides is 2. The largest absolute Gasteiger partial charge is 0.480 e. The van der Waals surface area contributed by atoms with Crippen molar-refractivity contribution >= 4 is 28.6 Å². The molecule has 1 aliphatic rings. The summed E-state index contributed by atoms with van der Waals surface area (Å²) < 4.78 is 15.1. The van der Waals surface area contributed by atoms with Gasteiger partial charge in [-0.2, -0.15) is 0 Å². The second kappa shape index (κ2) is 6.75. The van der Waals surface area contributed by atoms with Gasteiger partial charge in [-0.15, -0.1) is 0 Å². The third kappa shape index (κ3) is 3.23. The first-order valence-electron chi connectivity index (χ1n) is 8.65. The lowest BCUT2D eigenvalue weighted by Crippen LogP contribution is -2.39. The maximum absolute atomic E-state index is 13.3. The predicted molar refractivity (Wildman–Crippen MR) is 99.1 cm³/mol. The van der Waals surface area contributed by atoms with E-state index in [1.54, 1.807) is 17.0 Å². The molecular formula is C20H18FN3O3. The van der Waals surface area contributed by atoms with E-state index < -0.39 is 11.8 Å². The summed E-state index contributed by atoms with van der Waals surface area (Å²) in [6, 6.07) is 13.1. The molecule has 2 N–H and O–H groups in total. The Balaban J connectivity index is 1.63. The highest BCUT2D eigenvalue weighted by Crippen LogP contribution is 2.31. The van der Waals surface area contributed by atoms with Crippen LogP contribution in [0.1, 0.15) is 11.3 Å². The number of halogens is 1. The fourth-order valence-electron chi connectivity index (χ4n) is 3.66. The molecule has 0 aliphatic carbocycles. The van der Waals surface area contributed by atoms with Gasteiger partial charge >= 0.3 is 12.0 Å². The van der Waals surface area contributed by atoms with Gasteiger partial charge in [0.15, 0.2) is 0 Å². The Morgan fingerprint density at radius 2 is 1.96 bits per heavy atom. The SMILES string of the molecule is O=C(O)Cn1c2c(c3ccccc31)CN(C(=O)Nc1cccc(F)c1)CC2. The Hall–Kier alpha value is -3.35. The summed E-state index contributed by atoms with van der Waals surface area (Å²) in [5.41, 5.74) is 3.18. The number of nitrogens with zero attached hydrogens (tertiary/aromatic N) is 2. The average molecular weight is 367 g/mol. The van der Waals surface area contributed by atoms with Crippen LogP contribution in [-0.2, 0) is 24.3 Å². The van der Waals surface area contributed by atoms with Crippen LogP contribution in [0.4, 0.5) is 14.9 Å². The van der Waals surface area contributed by atoms with Gasteiger partial charge in [-0.25, -0.2) is 9.18 Å². The first kappa shape index (κ1) is 17.1. The zero-order valence-electron chi connectivity index (χ0n) is 14.5. The maximum Gasteiger partial charge on any atom is 0.323 e. The molecule has 0 fully saturated rings. The van der Waals surface area contributed by atoms with Crippen molar-refractivity contribution < 1.29 is 19.1 Å². The van der Waals surface area contributed by atoms with Crippen LogP contribution in [0.5, 0.6) is 0 Å². The minimum atomic E-state index is -0.898. The van der Waals surface area contributed by atoms with Crippen LogP contribution in [0.3, 0.4) is 0 Å². The zero-order chi connectivity index (χ0) is 19.0. The number of carbonyl (C=O) groups excluding carboxylic acids is 1. The van der Waals surface area contributed by atoms with E-state index in [0.29, 0.717) is 25.2 Å². The first-order chi connectivity index (χ1) is 13.0. The number of aromatic nitrogens is 1. The van der Waals surface area contributed by atoms with Gasteiger partial charge in [-0.3, -0.25) is 4.79 Å². The summed E-state index contributed by atoms with van der Waals surface area (Å²) in [7, 11) is 0. The van der Waals surface area contributed by atoms with E-state index in [2.05, 4.69) is 5.32 Å². The number of anilines is 1. The quantitative estimate of drug-likeness (QED) is 0.745. The summed E-state index contributed by atoms with van der Waals surface area (Å²) in [5, 5.41) is 12.9. The first-order valence-corrected chi connectivity index (χ1v) is 8.65. The normalized spacial score (nSPS) is 13.4. The van der Waals surface area contributed by atoms with Crippen LogP contribution in [-0.4, -0.2) is 33.1 Å². The number of rotatable bonds is 3. The lowest BCUT2D eigenvalue weighted by molar-refractivity contribution is -0.137. The van der Waals surface area contributed by atoms with E-state index in [-0.39, 0.29) is 12.6 Å². The van der Waals surface area contributed by atoms with Crippen LogP contribution in [0.15, 0.2) is 48.5 Å². The molecule has 1 aliphatic heterocycles. The fourth-order valence-corrected chi connectivity index (χ4v) is 3.66. The molecule has 1 aromatic heterocycles. The third-order valence-electron chi connectivity index (χ3n) is 4.82. The molecule has 7 heteroatoms. The highest BCUT2D eigenvalue weighted by Gasteiger charge is 2.27. The van der Waals surface area contributed by atoms with E-state index in [4.69, 9.17) is 0 Å². The number of hydrogen-bond acceptors (Lipinski definition) is 2. The number of urea groups is 1. The highest BCUT2D eigenvalue weighted by molar-refractivity contribution is 5.91. The molecule has 0 saturated carbocycles. The molecule has 0 bridgehead atoms. The van der Waals surface area contributed by atoms with Gasteiger partial charge in [-0.05, 0) is 24.3 Å². The molecule has 6 nitrogen and oxygen atoms in total. The molecule has 138 valence electrons. The van der Waals surface area contributed by atoms with Crippen molar-refractivity contribution in [3.8, 4) is 0 Å². The molecule has 0 radical (unpaired) electrons.